The van der Waals surface area contributed by atoms with Crippen molar-refractivity contribution in [1.29, 1.82) is 0 Å². The number of imide groups is 1. The van der Waals surface area contributed by atoms with E-state index in [1.807, 2.05) is 6.07 Å². The van der Waals surface area contributed by atoms with E-state index in [0.717, 1.165) is 36.0 Å². The van der Waals surface area contributed by atoms with Gasteiger partial charge >= 0.3 is 5.97 Å². The Bertz CT molecular complexity index is 1070. The Morgan fingerprint density at radius 1 is 1.15 bits per heavy atom. The number of nitrogens with one attached hydrogen (secondary N) is 2. The molecule has 1 aromatic carbocycles. The lowest BCUT2D eigenvalue weighted by Crippen LogP contribution is -2.38. The molecule has 3 rings (SSSR count). The van der Waals surface area contributed by atoms with E-state index in [0.29, 0.717) is 21.7 Å². The Labute approximate surface area is 201 Å². The van der Waals surface area contributed by atoms with Crippen LogP contribution in [0.3, 0.4) is 0 Å². The number of rotatable bonds is 11. The van der Waals surface area contributed by atoms with E-state index >= 15 is 0 Å². The third-order valence-corrected chi connectivity index (χ3v) is 5.75. The summed E-state index contributed by atoms with van der Waals surface area (Å²) in [6.45, 7) is 2.40. The van der Waals surface area contributed by atoms with Crippen molar-refractivity contribution in [3.63, 3.8) is 0 Å². The average Bonchev–Trinajstić information content (AvgIpc) is 3.11. The molecule has 9 nitrogen and oxygen atoms in total. The molecule has 1 saturated heterocycles. The van der Waals surface area contributed by atoms with Crippen LogP contribution < -0.4 is 10.6 Å². The predicted octanol–water partition coefficient (Wildman–Crippen LogP) is 3.30. The molecular weight excluding hydrogens is 456 g/mol. The number of carbonyl (C=O) groups excluding carboxylic acids is 4. The summed E-state index contributed by atoms with van der Waals surface area (Å²) in [5.41, 5.74) is 1.72. The fraction of sp³-hybridized carbons (Fsp3) is 0.292. The van der Waals surface area contributed by atoms with Gasteiger partial charge in [-0.1, -0.05) is 31.5 Å². The molecule has 0 spiro atoms. The fourth-order valence-electron chi connectivity index (χ4n) is 3.09. The second-order valence-electron chi connectivity index (χ2n) is 7.37. The van der Waals surface area contributed by atoms with Crippen LogP contribution in [0.1, 0.15) is 35.7 Å². The van der Waals surface area contributed by atoms with Crippen molar-refractivity contribution in [3.8, 4) is 0 Å². The average molecular weight is 483 g/mol. The van der Waals surface area contributed by atoms with Crippen molar-refractivity contribution >= 4 is 46.5 Å². The molecule has 0 bridgehead atoms. The maximum Gasteiger partial charge on any atom is 0.340 e. The minimum absolute atomic E-state index is 0.0128. The summed E-state index contributed by atoms with van der Waals surface area (Å²) in [4.78, 5) is 54.5. The highest BCUT2D eigenvalue weighted by molar-refractivity contribution is 8.18. The third-order valence-electron chi connectivity index (χ3n) is 4.84. The van der Waals surface area contributed by atoms with E-state index in [1.165, 1.54) is 0 Å². The number of carbonyl (C=O) groups is 4. The van der Waals surface area contributed by atoms with Gasteiger partial charge < -0.3 is 15.4 Å². The van der Waals surface area contributed by atoms with Crippen molar-refractivity contribution in [2.24, 2.45) is 0 Å². The summed E-state index contributed by atoms with van der Waals surface area (Å²) in [5, 5.41) is 5.35. The van der Waals surface area contributed by atoms with Crippen LogP contribution in [0.2, 0.25) is 0 Å². The van der Waals surface area contributed by atoms with Crippen LogP contribution in [0, 0.1) is 0 Å². The fourth-order valence-corrected chi connectivity index (χ4v) is 3.95. The lowest BCUT2D eigenvalue weighted by molar-refractivity contribution is -0.125. The number of hydrogen-bond acceptors (Lipinski definition) is 8. The van der Waals surface area contributed by atoms with Crippen molar-refractivity contribution in [3.05, 3.63) is 64.8 Å². The zero-order valence-electron chi connectivity index (χ0n) is 18.8. The molecule has 2 heterocycles. The first-order chi connectivity index (χ1) is 16.5. The van der Waals surface area contributed by atoms with Crippen LogP contribution in [-0.2, 0) is 14.3 Å². The van der Waals surface area contributed by atoms with Crippen molar-refractivity contribution in [2.45, 2.75) is 19.8 Å². The molecule has 1 aromatic heterocycles. The van der Waals surface area contributed by atoms with Crippen molar-refractivity contribution in [2.75, 3.05) is 31.6 Å². The van der Waals surface area contributed by atoms with Crippen molar-refractivity contribution in [1.82, 2.24) is 15.2 Å². The first-order valence-corrected chi connectivity index (χ1v) is 11.7. The van der Waals surface area contributed by atoms with E-state index in [9.17, 15) is 19.2 Å². The molecule has 2 aromatic rings. The smallest absolute Gasteiger partial charge is 0.340 e. The lowest BCUT2D eigenvalue weighted by atomic mass is 10.1. The quantitative estimate of drug-likeness (QED) is 0.285. The molecule has 1 aliphatic heterocycles. The van der Waals surface area contributed by atoms with Crippen LogP contribution >= 0.6 is 11.8 Å². The number of para-hydroxylation sites is 1. The summed E-state index contributed by atoms with van der Waals surface area (Å²) >= 11 is 0.838. The minimum Gasteiger partial charge on any atom is -0.452 e. The summed E-state index contributed by atoms with van der Waals surface area (Å²) in [6.07, 6.45) is 6.80. The Kier molecular flexibility index (Phi) is 9.21. The highest BCUT2D eigenvalue weighted by Crippen LogP contribution is 2.31. The highest BCUT2D eigenvalue weighted by Gasteiger charge is 2.34. The molecule has 0 saturated carbocycles. The number of benzene rings is 1. The zero-order chi connectivity index (χ0) is 24.3. The molecule has 0 radical (unpaired) electrons. The first-order valence-electron chi connectivity index (χ1n) is 10.9. The molecule has 0 unspecified atom stereocenters. The topological polar surface area (TPSA) is 118 Å². The monoisotopic (exact) mass is 482 g/mol. The van der Waals surface area contributed by atoms with E-state index in [2.05, 4.69) is 22.5 Å². The van der Waals surface area contributed by atoms with Gasteiger partial charge in [-0.25, -0.2) is 4.79 Å². The number of amides is 3. The van der Waals surface area contributed by atoms with Gasteiger partial charge in [0.2, 0.25) is 0 Å². The molecule has 0 atom stereocenters. The van der Waals surface area contributed by atoms with E-state index in [1.54, 1.807) is 48.8 Å². The number of hydrogen-bond donors (Lipinski definition) is 2. The predicted molar refractivity (Wildman–Crippen MR) is 130 cm³/mol. The second kappa shape index (κ2) is 12.5. The number of aromatic nitrogens is 1. The summed E-state index contributed by atoms with van der Waals surface area (Å²) in [7, 11) is 0. The molecule has 1 fully saturated rings. The van der Waals surface area contributed by atoms with Crippen LogP contribution in [0.5, 0.6) is 0 Å². The molecule has 0 aliphatic carbocycles. The SMILES string of the molecule is CCCCNc1ccccc1C(=O)OCC(=O)NCCN1C(=O)S/C(=C\c2cccnc2)C1=O. The number of unbranched alkanes of at least 4 members (excludes halogenated alkanes) is 1. The maximum absolute atomic E-state index is 12.5. The standard InChI is InChI=1S/C24H26N4O5S/c1-2-3-11-26-19-9-5-4-8-18(19)23(31)33-16-21(29)27-12-13-28-22(30)20(34-24(28)32)14-17-7-6-10-25-15-17/h4-10,14-15,26H,2-3,11-13,16H2,1H3,(H,27,29)/b20-14-. The van der Waals surface area contributed by atoms with E-state index in [4.69, 9.17) is 4.74 Å². The van der Waals surface area contributed by atoms with Gasteiger partial charge in [0.05, 0.1) is 10.5 Å². The first kappa shape index (κ1) is 25.0. The number of anilines is 1. The zero-order valence-corrected chi connectivity index (χ0v) is 19.6. The van der Waals surface area contributed by atoms with Crippen LogP contribution in [0.25, 0.3) is 6.08 Å². The largest absolute Gasteiger partial charge is 0.452 e. The van der Waals surface area contributed by atoms with Gasteiger partial charge in [0.1, 0.15) is 0 Å². The minimum atomic E-state index is -0.610. The maximum atomic E-state index is 12.5. The number of thioether (sulfide) groups is 1. The molecule has 34 heavy (non-hydrogen) atoms. The summed E-state index contributed by atoms with van der Waals surface area (Å²) < 4.78 is 5.13. The van der Waals surface area contributed by atoms with Gasteiger partial charge in [0.25, 0.3) is 17.1 Å². The molecule has 2 N–H and O–H groups in total. The lowest BCUT2D eigenvalue weighted by Gasteiger charge is -2.13. The van der Waals surface area contributed by atoms with Crippen molar-refractivity contribution < 1.29 is 23.9 Å². The number of esters is 1. The number of nitrogens with zero attached hydrogens (tertiary/aromatic N) is 2. The van der Waals surface area contributed by atoms with Crippen LogP contribution in [0.15, 0.2) is 53.7 Å². The van der Waals surface area contributed by atoms with Gasteiger partial charge in [-0.2, -0.15) is 0 Å². The summed E-state index contributed by atoms with van der Waals surface area (Å²) in [6, 6.07) is 10.5. The molecular formula is C24H26N4O5S. The summed E-state index contributed by atoms with van der Waals surface area (Å²) in [5.74, 6) is -1.56. The van der Waals surface area contributed by atoms with Crippen LogP contribution in [0.4, 0.5) is 10.5 Å². The third kappa shape index (κ3) is 6.92. The Morgan fingerprint density at radius 3 is 2.74 bits per heavy atom. The second-order valence-corrected chi connectivity index (χ2v) is 8.36. The van der Waals surface area contributed by atoms with Gasteiger partial charge in [-0.15, -0.1) is 0 Å². The number of ether oxygens (including phenoxy) is 1. The van der Waals surface area contributed by atoms with E-state index < -0.39 is 29.6 Å². The number of pyridine rings is 1. The van der Waals surface area contributed by atoms with Gasteiger partial charge in [0.15, 0.2) is 6.61 Å². The molecule has 1 aliphatic rings. The molecule has 10 heteroatoms. The van der Waals surface area contributed by atoms with E-state index in [-0.39, 0.29) is 13.1 Å². The molecule has 3 amide bonds. The van der Waals surface area contributed by atoms with Gasteiger partial charge in [0, 0.05) is 37.7 Å². The molecule has 178 valence electrons. The highest BCUT2D eigenvalue weighted by atomic mass is 32.2. The van der Waals surface area contributed by atoms with Crippen LogP contribution in [-0.4, -0.2) is 59.1 Å². The van der Waals surface area contributed by atoms with Gasteiger partial charge in [-0.3, -0.25) is 24.3 Å². The Hall–Kier alpha value is -3.66. The van der Waals surface area contributed by atoms with Gasteiger partial charge in [-0.05, 0) is 48.0 Å². The normalized spacial score (nSPS) is 14.4. The Balaban J connectivity index is 1.44. The Morgan fingerprint density at radius 2 is 1.97 bits per heavy atom.